The van der Waals surface area contributed by atoms with Gasteiger partial charge >= 0.3 is 0 Å². The smallest absolute Gasteiger partial charge is 0.242 e. The SMILES string of the molecule is CCNCc1cc(S(=O)(=O)NCC2CCC(C)C2)c(Br)s1. The van der Waals surface area contributed by atoms with Crippen LogP contribution in [-0.2, 0) is 16.6 Å². The minimum atomic E-state index is -3.41. The lowest BCUT2D eigenvalue weighted by Gasteiger charge is -2.11. The molecule has 7 heteroatoms. The maximum Gasteiger partial charge on any atom is 0.242 e. The van der Waals surface area contributed by atoms with E-state index >= 15 is 0 Å². The summed E-state index contributed by atoms with van der Waals surface area (Å²) in [6.07, 6.45) is 3.46. The Morgan fingerprint density at radius 1 is 1.43 bits per heavy atom. The summed E-state index contributed by atoms with van der Waals surface area (Å²) in [5.41, 5.74) is 0. The van der Waals surface area contributed by atoms with E-state index in [2.05, 4.69) is 32.9 Å². The maximum atomic E-state index is 12.4. The highest BCUT2D eigenvalue weighted by molar-refractivity contribution is 9.11. The molecule has 4 nitrogen and oxygen atoms in total. The Morgan fingerprint density at radius 2 is 2.19 bits per heavy atom. The van der Waals surface area contributed by atoms with Crippen LogP contribution < -0.4 is 10.0 Å². The normalized spacial score (nSPS) is 22.8. The van der Waals surface area contributed by atoms with Gasteiger partial charge in [-0.3, -0.25) is 0 Å². The van der Waals surface area contributed by atoms with Crippen LogP contribution in [-0.4, -0.2) is 21.5 Å². The van der Waals surface area contributed by atoms with Gasteiger partial charge in [-0.1, -0.05) is 20.3 Å². The molecule has 0 spiro atoms. The molecule has 2 N–H and O–H groups in total. The number of thiophene rings is 1. The zero-order valence-corrected chi connectivity index (χ0v) is 15.7. The largest absolute Gasteiger partial charge is 0.312 e. The molecule has 1 aromatic heterocycles. The predicted molar refractivity (Wildman–Crippen MR) is 91.1 cm³/mol. The predicted octanol–water partition coefficient (Wildman–Crippen LogP) is 3.33. The minimum absolute atomic E-state index is 0.367. The van der Waals surface area contributed by atoms with Gasteiger partial charge in [0.05, 0.1) is 3.79 Å². The quantitative estimate of drug-likeness (QED) is 0.745. The number of sulfonamides is 1. The fourth-order valence-corrected chi connectivity index (χ4v) is 6.50. The van der Waals surface area contributed by atoms with Gasteiger partial charge < -0.3 is 5.32 Å². The first kappa shape index (κ1) is 17.4. The van der Waals surface area contributed by atoms with E-state index in [9.17, 15) is 8.42 Å². The zero-order chi connectivity index (χ0) is 15.5. The van der Waals surface area contributed by atoms with Crippen molar-refractivity contribution in [3.8, 4) is 0 Å². The Kier molecular flexibility index (Phi) is 6.25. The molecule has 2 unspecified atom stereocenters. The van der Waals surface area contributed by atoms with Crippen LogP contribution in [0.25, 0.3) is 0 Å². The highest BCUT2D eigenvalue weighted by atomic mass is 79.9. The van der Waals surface area contributed by atoms with Crippen LogP contribution in [0.5, 0.6) is 0 Å². The molecule has 2 rings (SSSR count). The van der Waals surface area contributed by atoms with Crippen LogP contribution in [0, 0.1) is 11.8 Å². The molecule has 1 aromatic rings. The lowest BCUT2D eigenvalue weighted by Crippen LogP contribution is -2.28. The van der Waals surface area contributed by atoms with E-state index in [1.165, 1.54) is 17.8 Å². The molecule has 120 valence electrons. The van der Waals surface area contributed by atoms with Gasteiger partial charge in [-0.05, 0) is 53.2 Å². The molecule has 21 heavy (non-hydrogen) atoms. The summed E-state index contributed by atoms with van der Waals surface area (Å²) in [5, 5.41) is 3.21. The van der Waals surface area contributed by atoms with Crippen molar-refractivity contribution in [3.05, 3.63) is 14.7 Å². The number of halogens is 1. The van der Waals surface area contributed by atoms with Gasteiger partial charge in [0.15, 0.2) is 0 Å². The molecule has 1 fully saturated rings. The first-order valence-electron chi connectivity index (χ1n) is 7.41. The average molecular weight is 395 g/mol. The topological polar surface area (TPSA) is 58.2 Å². The van der Waals surface area contributed by atoms with Crippen molar-refractivity contribution in [1.82, 2.24) is 10.0 Å². The van der Waals surface area contributed by atoms with Crippen LogP contribution in [0.3, 0.4) is 0 Å². The molecule has 0 aromatic carbocycles. The number of hydrogen-bond acceptors (Lipinski definition) is 4. The highest BCUT2D eigenvalue weighted by Gasteiger charge is 2.25. The summed E-state index contributed by atoms with van der Waals surface area (Å²) in [7, 11) is -3.41. The first-order chi connectivity index (χ1) is 9.92. The van der Waals surface area contributed by atoms with Gasteiger partial charge in [-0.15, -0.1) is 11.3 Å². The summed E-state index contributed by atoms with van der Waals surface area (Å²) < 4.78 is 28.3. The van der Waals surface area contributed by atoms with Gasteiger partial charge in [-0.25, -0.2) is 13.1 Å². The second kappa shape index (κ2) is 7.55. The van der Waals surface area contributed by atoms with Crippen molar-refractivity contribution >= 4 is 37.3 Å². The maximum absolute atomic E-state index is 12.4. The standard InChI is InChI=1S/C14H23BrN2O2S2/c1-3-16-9-12-7-13(14(15)20-12)21(18,19)17-8-11-5-4-10(2)6-11/h7,10-11,16-17H,3-6,8-9H2,1-2H3. The van der Waals surface area contributed by atoms with E-state index in [0.717, 1.165) is 30.2 Å². The average Bonchev–Trinajstić information content (AvgIpc) is 3.00. The Balaban J connectivity index is 2.00. The lowest BCUT2D eigenvalue weighted by atomic mass is 10.1. The lowest BCUT2D eigenvalue weighted by molar-refractivity contribution is 0.498. The fourth-order valence-electron chi connectivity index (χ4n) is 2.73. The molecule has 0 bridgehead atoms. The Labute approximate surface area is 139 Å². The highest BCUT2D eigenvalue weighted by Crippen LogP contribution is 2.33. The summed E-state index contributed by atoms with van der Waals surface area (Å²) in [5.74, 6) is 1.20. The van der Waals surface area contributed by atoms with Crippen molar-refractivity contribution in [2.24, 2.45) is 11.8 Å². The Hall–Kier alpha value is 0.0500. The van der Waals surface area contributed by atoms with Crippen LogP contribution in [0.15, 0.2) is 14.7 Å². The molecule has 2 atom stereocenters. The van der Waals surface area contributed by atoms with Crippen molar-refractivity contribution in [2.75, 3.05) is 13.1 Å². The number of nitrogens with one attached hydrogen (secondary N) is 2. The molecular formula is C14H23BrN2O2S2. The van der Waals surface area contributed by atoms with Gasteiger partial charge in [0.25, 0.3) is 0 Å². The van der Waals surface area contributed by atoms with E-state index < -0.39 is 10.0 Å². The third-order valence-electron chi connectivity index (χ3n) is 3.91. The molecule has 0 amide bonds. The second-order valence-electron chi connectivity index (χ2n) is 5.77. The molecule has 1 heterocycles. The first-order valence-corrected chi connectivity index (χ1v) is 10.5. The summed E-state index contributed by atoms with van der Waals surface area (Å²) in [6, 6.07) is 1.76. The van der Waals surface area contributed by atoms with Gasteiger partial charge in [0, 0.05) is 18.0 Å². The Bertz CT molecular complexity index is 572. The fraction of sp³-hybridized carbons (Fsp3) is 0.714. The van der Waals surface area contributed by atoms with Crippen LogP contribution in [0.2, 0.25) is 0 Å². The van der Waals surface area contributed by atoms with Gasteiger partial charge in [0.2, 0.25) is 10.0 Å². The van der Waals surface area contributed by atoms with E-state index in [1.807, 2.05) is 6.92 Å². The second-order valence-corrected chi connectivity index (χ2v) is 9.96. The molecule has 1 aliphatic carbocycles. The summed E-state index contributed by atoms with van der Waals surface area (Å²) in [4.78, 5) is 1.39. The van der Waals surface area contributed by atoms with Crippen LogP contribution >= 0.6 is 27.3 Å². The van der Waals surface area contributed by atoms with Crippen LogP contribution in [0.4, 0.5) is 0 Å². The molecule has 0 aliphatic heterocycles. The van der Waals surface area contributed by atoms with Crippen molar-refractivity contribution < 1.29 is 8.42 Å². The van der Waals surface area contributed by atoms with Gasteiger partial charge in [0.1, 0.15) is 4.90 Å². The molecule has 0 radical (unpaired) electrons. The number of hydrogen-bond donors (Lipinski definition) is 2. The third-order valence-corrected chi connectivity index (χ3v) is 7.59. The molecular weight excluding hydrogens is 372 g/mol. The monoisotopic (exact) mass is 394 g/mol. The van der Waals surface area contributed by atoms with Crippen LogP contribution in [0.1, 0.15) is 38.0 Å². The summed E-state index contributed by atoms with van der Waals surface area (Å²) in [6.45, 7) is 6.39. The van der Waals surface area contributed by atoms with E-state index in [0.29, 0.717) is 27.7 Å². The minimum Gasteiger partial charge on any atom is -0.312 e. The van der Waals surface area contributed by atoms with Crippen molar-refractivity contribution in [1.29, 1.82) is 0 Å². The van der Waals surface area contributed by atoms with E-state index in [-0.39, 0.29) is 0 Å². The molecule has 0 saturated heterocycles. The molecule has 1 saturated carbocycles. The zero-order valence-electron chi connectivity index (χ0n) is 12.5. The number of rotatable bonds is 7. The third kappa shape index (κ3) is 4.76. The van der Waals surface area contributed by atoms with Crippen molar-refractivity contribution in [3.63, 3.8) is 0 Å². The van der Waals surface area contributed by atoms with Gasteiger partial charge in [-0.2, -0.15) is 0 Å². The van der Waals surface area contributed by atoms with E-state index in [4.69, 9.17) is 0 Å². The van der Waals surface area contributed by atoms with E-state index in [1.54, 1.807) is 6.07 Å². The van der Waals surface area contributed by atoms with Crippen molar-refractivity contribution in [2.45, 2.75) is 44.6 Å². The molecule has 1 aliphatic rings. The summed E-state index contributed by atoms with van der Waals surface area (Å²) >= 11 is 4.85. The Morgan fingerprint density at radius 3 is 2.81 bits per heavy atom.